The van der Waals surface area contributed by atoms with E-state index >= 15 is 0 Å². The molecule has 0 radical (unpaired) electrons. The normalized spacial score (nSPS) is 16.6. The number of nitrogens with one attached hydrogen (secondary N) is 1. The van der Waals surface area contributed by atoms with Gasteiger partial charge in [0.25, 0.3) is 0 Å². The van der Waals surface area contributed by atoms with Gasteiger partial charge in [-0.25, -0.2) is 18.4 Å². The molecule has 0 unspecified atom stereocenters. The molecule has 134 valence electrons. The number of hydrogen-bond acceptors (Lipinski definition) is 6. The predicted octanol–water partition coefficient (Wildman–Crippen LogP) is 2.06. The van der Waals surface area contributed by atoms with Crippen LogP contribution in [0.5, 0.6) is 5.75 Å². The Morgan fingerprint density at radius 3 is 2.44 bits per heavy atom. The molecule has 0 saturated carbocycles. The minimum atomic E-state index is -3.47. The Bertz CT molecular complexity index is 816. The van der Waals surface area contributed by atoms with Crippen LogP contribution < -0.4 is 10.1 Å². The van der Waals surface area contributed by atoms with Gasteiger partial charge in [-0.15, -0.1) is 0 Å². The number of sulfonamides is 1. The maximum absolute atomic E-state index is 12.7. The maximum atomic E-state index is 12.7. The zero-order valence-electron chi connectivity index (χ0n) is 14.3. The molecule has 3 rings (SSSR count). The van der Waals surface area contributed by atoms with E-state index in [1.807, 2.05) is 13.0 Å². The fourth-order valence-electron chi connectivity index (χ4n) is 2.88. The molecule has 0 atom stereocenters. The van der Waals surface area contributed by atoms with Crippen LogP contribution in [0.1, 0.15) is 18.5 Å². The van der Waals surface area contributed by atoms with Gasteiger partial charge in [-0.3, -0.25) is 0 Å². The number of hydrogen-bond donors (Lipinski definition) is 1. The third kappa shape index (κ3) is 4.08. The van der Waals surface area contributed by atoms with E-state index in [4.69, 9.17) is 4.74 Å². The second-order valence-corrected chi connectivity index (χ2v) is 7.98. The Morgan fingerprint density at radius 1 is 1.16 bits per heavy atom. The Kier molecular flexibility index (Phi) is 5.19. The second-order valence-electron chi connectivity index (χ2n) is 6.04. The number of piperidine rings is 1. The lowest BCUT2D eigenvalue weighted by atomic mass is 10.1. The topological polar surface area (TPSA) is 84.4 Å². The van der Waals surface area contributed by atoms with Crippen LogP contribution in [0.15, 0.2) is 41.6 Å². The molecule has 1 aliphatic heterocycles. The van der Waals surface area contributed by atoms with Gasteiger partial charge in [0.15, 0.2) is 0 Å². The van der Waals surface area contributed by atoms with Gasteiger partial charge in [0, 0.05) is 30.9 Å². The van der Waals surface area contributed by atoms with Crippen LogP contribution in [0.3, 0.4) is 0 Å². The molecule has 8 heteroatoms. The molecule has 0 spiro atoms. The fraction of sp³-hybridized carbons (Fsp3) is 0.412. The SMILES string of the molecule is COc1ccc(S(=O)(=O)N2CCC(Nc3cc(C)ncn3)CC2)cc1. The molecule has 0 aliphatic carbocycles. The first-order chi connectivity index (χ1) is 12.0. The number of anilines is 1. The lowest BCUT2D eigenvalue weighted by Gasteiger charge is -2.31. The third-order valence-corrected chi connectivity index (χ3v) is 6.22. The molecule has 2 heterocycles. The summed E-state index contributed by atoms with van der Waals surface area (Å²) in [5.74, 6) is 1.42. The summed E-state index contributed by atoms with van der Waals surface area (Å²) >= 11 is 0. The van der Waals surface area contributed by atoms with Gasteiger partial charge in [0.1, 0.15) is 17.9 Å². The van der Waals surface area contributed by atoms with Crippen molar-refractivity contribution in [3.63, 3.8) is 0 Å². The number of rotatable bonds is 5. The van der Waals surface area contributed by atoms with Crippen molar-refractivity contribution in [2.24, 2.45) is 0 Å². The minimum absolute atomic E-state index is 0.205. The van der Waals surface area contributed by atoms with E-state index in [1.54, 1.807) is 31.4 Å². The zero-order chi connectivity index (χ0) is 17.9. The molecule has 2 aromatic rings. The van der Waals surface area contributed by atoms with Gasteiger partial charge in [0.2, 0.25) is 10.0 Å². The van der Waals surface area contributed by atoms with Crippen molar-refractivity contribution in [3.05, 3.63) is 42.4 Å². The average molecular weight is 362 g/mol. The monoisotopic (exact) mass is 362 g/mol. The van der Waals surface area contributed by atoms with Crippen LogP contribution in [0.2, 0.25) is 0 Å². The van der Waals surface area contributed by atoms with E-state index in [9.17, 15) is 8.42 Å². The number of ether oxygens (including phenoxy) is 1. The maximum Gasteiger partial charge on any atom is 0.243 e. The van der Waals surface area contributed by atoms with Gasteiger partial charge in [0.05, 0.1) is 12.0 Å². The van der Waals surface area contributed by atoms with Crippen molar-refractivity contribution in [1.82, 2.24) is 14.3 Å². The number of methoxy groups -OCH3 is 1. The van der Waals surface area contributed by atoms with E-state index in [0.717, 1.165) is 24.4 Å². The molecule has 1 N–H and O–H groups in total. The molecule has 0 bridgehead atoms. The standard InChI is InChI=1S/C17H22N4O3S/c1-13-11-17(19-12-18-13)20-14-7-9-21(10-8-14)25(22,23)16-5-3-15(24-2)4-6-16/h3-6,11-12,14H,7-10H2,1-2H3,(H,18,19,20). The summed E-state index contributed by atoms with van der Waals surface area (Å²) in [5, 5.41) is 3.36. The highest BCUT2D eigenvalue weighted by atomic mass is 32.2. The Balaban J connectivity index is 1.62. The van der Waals surface area contributed by atoms with Crippen molar-refractivity contribution in [2.75, 3.05) is 25.5 Å². The summed E-state index contributed by atoms with van der Waals surface area (Å²) < 4.78 is 32.1. The smallest absolute Gasteiger partial charge is 0.243 e. The quantitative estimate of drug-likeness (QED) is 0.876. The highest BCUT2D eigenvalue weighted by Gasteiger charge is 2.29. The number of benzene rings is 1. The van der Waals surface area contributed by atoms with E-state index in [0.29, 0.717) is 23.7 Å². The molecule has 25 heavy (non-hydrogen) atoms. The van der Waals surface area contributed by atoms with Crippen LogP contribution in [0.4, 0.5) is 5.82 Å². The first-order valence-corrected chi connectivity index (χ1v) is 9.62. The molecule has 7 nitrogen and oxygen atoms in total. The van der Waals surface area contributed by atoms with Crippen LogP contribution >= 0.6 is 0 Å². The summed E-state index contributed by atoms with van der Waals surface area (Å²) in [4.78, 5) is 8.57. The first-order valence-electron chi connectivity index (χ1n) is 8.18. The van der Waals surface area contributed by atoms with Crippen molar-refractivity contribution < 1.29 is 13.2 Å². The molecule has 0 amide bonds. The van der Waals surface area contributed by atoms with Gasteiger partial charge in [-0.2, -0.15) is 4.31 Å². The van der Waals surface area contributed by atoms with Gasteiger partial charge < -0.3 is 10.1 Å². The third-order valence-electron chi connectivity index (χ3n) is 4.31. The van der Waals surface area contributed by atoms with Crippen LogP contribution in [-0.2, 0) is 10.0 Å². The van der Waals surface area contributed by atoms with E-state index in [1.165, 1.54) is 10.6 Å². The summed E-state index contributed by atoms with van der Waals surface area (Å²) in [6, 6.07) is 8.60. The summed E-state index contributed by atoms with van der Waals surface area (Å²) in [6.07, 6.45) is 3.00. The fourth-order valence-corrected chi connectivity index (χ4v) is 4.35. The molecule has 1 aromatic carbocycles. The van der Waals surface area contributed by atoms with E-state index < -0.39 is 10.0 Å². The minimum Gasteiger partial charge on any atom is -0.497 e. The average Bonchev–Trinajstić information content (AvgIpc) is 2.62. The summed E-state index contributed by atoms with van der Waals surface area (Å²) in [7, 11) is -1.91. The first kappa shape index (κ1) is 17.6. The van der Waals surface area contributed by atoms with Crippen LogP contribution in [0.25, 0.3) is 0 Å². The van der Waals surface area contributed by atoms with Crippen molar-refractivity contribution in [1.29, 1.82) is 0 Å². The summed E-state index contributed by atoms with van der Waals surface area (Å²) in [5.41, 5.74) is 0.900. The summed E-state index contributed by atoms with van der Waals surface area (Å²) in [6.45, 7) is 2.88. The highest BCUT2D eigenvalue weighted by molar-refractivity contribution is 7.89. The Morgan fingerprint density at radius 2 is 1.84 bits per heavy atom. The van der Waals surface area contributed by atoms with Gasteiger partial charge >= 0.3 is 0 Å². The zero-order valence-corrected chi connectivity index (χ0v) is 15.2. The number of aryl methyl sites for hydroxylation is 1. The Hall–Kier alpha value is -2.19. The molecule has 1 aromatic heterocycles. The molecular weight excluding hydrogens is 340 g/mol. The predicted molar refractivity (Wildman–Crippen MR) is 95.2 cm³/mol. The Labute approximate surface area is 148 Å². The molecule has 1 fully saturated rings. The van der Waals surface area contributed by atoms with Gasteiger partial charge in [-0.1, -0.05) is 0 Å². The largest absolute Gasteiger partial charge is 0.497 e. The molecular formula is C17H22N4O3S. The van der Waals surface area contributed by atoms with Crippen molar-refractivity contribution in [2.45, 2.75) is 30.7 Å². The van der Waals surface area contributed by atoms with Crippen molar-refractivity contribution >= 4 is 15.8 Å². The number of aromatic nitrogens is 2. The van der Waals surface area contributed by atoms with Crippen LogP contribution in [0, 0.1) is 6.92 Å². The van der Waals surface area contributed by atoms with E-state index in [2.05, 4.69) is 15.3 Å². The van der Waals surface area contributed by atoms with E-state index in [-0.39, 0.29) is 6.04 Å². The highest BCUT2D eigenvalue weighted by Crippen LogP contribution is 2.23. The lowest BCUT2D eigenvalue weighted by molar-refractivity contribution is 0.329. The number of nitrogens with zero attached hydrogens (tertiary/aromatic N) is 3. The lowest BCUT2D eigenvalue weighted by Crippen LogP contribution is -2.42. The second kappa shape index (κ2) is 7.37. The molecule has 1 aliphatic rings. The van der Waals surface area contributed by atoms with Crippen molar-refractivity contribution in [3.8, 4) is 5.75 Å². The molecule has 1 saturated heterocycles. The van der Waals surface area contributed by atoms with Crippen LogP contribution in [-0.4, -0.2) is 48.9 Å². The van der Waals surface area contributed by atoms with Gasteiger partial charge in [-0.05, 0) is 44.0 Å².